The molecule has 96 valence electrons. The van der Waals surface area contributed by atoms with E-state index in [1.807, 2.05) is 24.3 Å². The van der Waals surface area contributed by atoms with Crippen LogP contribution in [0.3, 0.4) is 0 Å². The number of hydrogen-bond donors (Lipinski definition) is 0. The molecule has 0 unspecified atom stereocenters. The van der Waals surface area contributed by atoms with E-state index in [1.54, 1.807) is 17.3 Å². The topological polar surface area (TPSA) is 3.24 Å². The molecule has 2 aromatic carbocycles. The van der Waals surface area contributed by atoms with Gasteiger partial charge in [-0.3, -0.25) is 0 Å². The molecule has 0 radical (unpaired) electrons. The van der Waals surface area contributed by atoms with Gasteiger partial charge in [0.15, 0.2) is 0 Å². The second-order valence-corrected chi connectivity index (χ2v) is 5.93. The van der Waals surface area contributed by atoms with Crippen LogP contribution in [0.15, 0.2) is 63.9 Å². The summed E-state index contributed by atoms with van der Waals surface area (Å²) in [4.78, 5) is 4.69. The molecule has 1 heterocycles. The molecule has 0 atom stereocenters. The highest BCUT2D eigenvalue weighted by atomic mass is 35.5. The molecule has 2 aromatic rings. The van der Waals surface area contributed by atoms with E-state index in [0.29, 0.717) is 0 Å². The Bertz CT molecular complexity index is 640. The predicted octanol–water partition coefficient (Wildman–Crippen LogP) is 5.70. The van der Waals surface area contributed by atoms with Gasteiger partial charge >= 0.3 is 0 Å². The molecule has 0 amide bonds. The maximum atomic E-state index is 6.12. The first-order valence-electron chi connectivity index (χ1n) is 5.89. The molecular weight excluding hydrogens is 297 g/mol. The molecule has 0 spiro atoms. The lowest BCUT2D eigenvalue weighted by Gasteiger charge is -2.32. The highest BCUT2D eigenvalue weighted by Gasteiger charge is 2.22. The Labute approximate surface area is 126 Å². The Balaban J connectivity index is 2.13. The van der Waals surface area contributed by atoms with Crippen LogP contribution in [0, 0.1) is 0 Å². The van der Waals surface area contributed by atoms with Crippen molar-refractivity contribution in [1.82, 2.24) is 0 Å². The van der Waals surface area contributed by atoms with Crippen molar-refractivity contribution in [1.29, 1.82) is 0 Å². The van der Waals surface area contributed by atoms with Crippen LogP contribution in [0.25, 0.3) is 0 Å². The minimum atomic E-state index is 0.731. The lowest BCUT2D eigenvalue weighted by molar-refractivity contribution is 1.03. The average Bonchev–Trinajstić information content (AvgIpc) is 2.44. The van der Waals surface area contributed by atoms with Gasteiger partial charge in [0.25, 0.3) is 0 Å². The van der Waals surface area contributed by atoms with E-state index in [1.165, 1.54) is 15.5 Å². The number of benzene rings is 2. The van der Waals surface area contributed by atoms with Gasteiger partial charge in [0.2, 0.25) is 0 Å². The molecule has 19 heavy (non-hydrogen) atoms. The van der Waals surface area contributed by atoms with Crippen LogP contribution in [0.1, 0.15) is 0 Å². The van der Waals surface area contributed by atoms with E-state index in [4.69, 9.17) is 23.2 Å². The van der Waals surface area contributed by atoms with Crippen molar-refractivity contribution in [3.63, 3.8) is 0 Å². The fraction of sp³-hybridized carbons (Fsp3) is 0.0667. The molecular formula is C15H11Cl2NS. The maximum absolute atomic E-state index is 6.12. The number of nitrogens with zero attached hydrogens (tertiary/aromatic N) is 1. The maximum Gasteiger partial charge on any atom is 0.0570 e. The number of anilines is 2. The summed E-state index contributed by atoms with van der Waals surface area (Å²) in [6.45, 7) is 0.731. The summed E-state index contributed by atoms with van der Waals surface area (Å²) in [6, 6.07) is 14.4. The summed E-state index contributed by atoms with van der Waals surface area (Å²) in [5, 5.41) is 0.749. The van der Waals surface area contributed by atoms with E-state index >= 15 is 0 Å². The van der Waals surface area contributed by atoms with Crippen molar-refractivity contribution in [2.75, 3.05) is 11.4 Å². The van der Waals surface area contributed by atoms with Crippen molar-refractivity contribution in [3.05, 3.63) is 59.1 Å². The quantitative estimate of drug-likeness (QED) is 0.700. The summed E-state index contributed by atoms with van der Waals surface area (Å²) in [6.07, 6.45) is 1.93. The van der Waals surface area contributed by atoms with Crippen LogP contribution in [0.5, 0.6) is 0 Å². The van der Waals surface area contributed by atoms with E-state index in [2.05, 4.69) is 29.2 Å². The van der Waals surface area contributed by atoms with Crippen LogP contribution < -0.4 is 4.90 Å². The molecule has 1 aliphatic heterocycles. The fourth-order valence-corrected chi connectivity index (χ4v) is 3.47. The average molecular weight is 308 g/mol. The Hall–Kier alpha value is -1.09. The highest BCUT2D eigenvalue weighted by Crippen LogP contribution is 2.48. The zero-order valence-electron chi connectivity index (χ0n) is 10.0. The molecule has 0 fully saturated rings. The van der Waals surface area contributed by atoms with E-state index < -0.39 is 0 Å². The highest BCUT2D eigenvalue weighted by molar-refractivity contribution is 7.99. The minimum Gasteiger partial charge on any atom is -0.336 e. The molecule has 0 N–H and O–H groups in total. The Morgan fingerprint density at radius 3 is 2.68 bits per heavy atom. The largest absolute Gasteiger partial charge is 0.336 e. The first-order valence-corrected chi connectivity index (χ1v) is 7.52. The van der Waals surface area contributed by atoms with Gasteiger partial charge in [0, 0.05) is 26.9 Å². The molecule has 0 saturated carbocycles. The van der Waals surface area contributed by atoms with Crippen molar-refractivity contribution >= 4 is 46.3 Å². The minimum absolute atomic E-state index is 0.731. The van der Waals surface area contributed by atoms with Gasteiger partial charge in [-0.1, -0.05) is 53.2 Å². The Kier molecular flexibility index (Phi) is 3.74. The third-order valence-corrected chi connectivity index (χ3v) is 4.51. The zero-order chi connectivity index (χ0) is 13.2. The predicted molar refractivity (Wildman–Crippen MR) is 84.0 cm³/mol. The number of rotatable bonds is 2. The van der Waals surface area contributed by atoms with Gasteiger partial charge in [-0.2, -0.15) is 0 Å². The number of para-hydroxylation sites is 1. The van der Waals surface area contributed by atoms with E-state index in [-0.39, 0.29) is 0 Å². The normalized spacial score (nSPS) is 13.5. The van der Waals surface area contributed by atoms with Gasteiger partial charge in [-0.15, -0.1) is 0 Å². The number of fused-ring (bicyclic) bond motifs is 2. The van der Waals surface area contributed by atoms with Crippen LogP contribution >= 0.6 is 35.0 Å². The summed E-state index contributed by atoms with van der Waals surface area (Å²) in [5.41, 5.74) is 3.87. The van der Waals surface area contributed by atoms with Gasteiger partial charge < -0.3 is 4.90 Å². The summed E-state index contributed by atoms with van der Waals surface area (Å²) in [5.74, 6) is 0. The Morgan fingerprint density at radius 2 is 1.84 bits per heavy atom. The lowest BCUT2D eigenvalue weighted by atomic mass is 10.2. The van der Waals surface area contributed by atoms with Gasteiger partial charge in [-0.25, -0.2) is 0 Å². The molecule has 1 nitrogen and oxygen atoms in total. The molecule has 3 rings (SSSR count). The molecule has 0 saturated heterocycles. The molecule has 0 bridgehead atoms. The number of hydrogen-bond acceptors (Lipinski definition) is 2. The monoisotopic (exact) mass is 307 g/mol. The molecule has 0 aliphatic carbocycles. The molecule has 4 heteroatoms. The summed E-state index contributed by atoms with van der Waals surface area (Å²) >= 11 is 13.6. The van der Waals surface area contributed by atoms with Crippen molar-refractivity contribution < 1.29 is 0 Å². The lowest BCUT2D eigenvalue weighted by Crippen LogP contribution is -2.20. The molecule has 0 aromatic heterocycles. The van der Waals surface area contributed by atoms with Gasteiger partial charge in [-0.05, 0) is 30.3 Å². The van der Waals surface area contributed by atoms with Crippen LogP contribution in [0.4, 0.5) is 11.4 Å². The summed E-state index contributed by atoms with van der Waals surface area (Å²) in [7, 11) is 0. The van der Waals surface area contributed by atoms with E-state index in [0.717, 1.165) is 17.3 Å². The van der Waals surface area contributed by atoms with Crippen LogP contribution in [0.2, 0.25) is 5.02 Å². The Morgan fingerprint density at radius 1 is 1.05 bits per heavy atom. The van der Waals surface area contributed by atoms with Crippen molar-refractivity contribution in [2.45, 2.75) is 9.79 Å². The zero-order valence-corrected chi connectivity index (χ0v) is 12.3. The summed E-state index contributed by atoms with van der Waals surface area (Å²) < 4.78 is 0. The third-order valence-electron chi connectivity index (χ3n) is 2.96. The second kappa shape index (κ2) is 5.49. The van der Waals surface area contributed by atoms with Crippen LogP contribution in [-0.2, 0) is 0 Å². The first kappa shape index (κ1) is 12.9. The molecule has 1 aliphatic rings. The smallest absolute Gasteiger partial charge is 0.0570 e. The van der Waals surface area contributed by atoms with Gasteiger partial charge in [0.1, 0.15) is 0 Å². The van der Waals surface area contributed by atoms with Crippen molar-refractivity contribution in [2.24, 2.45) is 0 Å². The SMILES string of the molecule is Cl/C=C/CN1c2ccccc2Sc2ccc(Cl)cc21. The first-order chi connectivity index (χ1) is 9.29. The van der Waals surface area contributed by atoms with Gasteiger partial charge in [0.05, 0.1) is 11.4 Å². The second-order valence-electron chi connectivity index (χ2n) is 4.15. The van der Waals surface area contributed by atoms with Crippen molar-refractivity contribution in [3.8, 4) is 0 Å². The van der Waals surface area contributed by atoms with Crippen LogP contribution in [-0.4, -0.2) is 6.54 Å². The van der Waals surface area contributed by atoms with E-state index in [9.17, 15) is 0 Å². The standard InChI is InChI=1S/C15H11Cl2NS/c16-8-3-9-18-12-4-1-2-5-14(12)19-15-7-6-11(17)10-13(15)18/h1-8,10H,9H2/b8-3+. The number of halogens is 2. The fourth-order valence-electron chi connectivity index (χ4n) is 2.14. The third kappa shape index (κ3) is 2.48.